The molecule has 1 aliphatic rings. The molecule has 3 aromatic rings. The quantitative estimate of drug-likeness (QED) is 0.439. The van der Waals surface area contributed by atoms with Gasteiger partial charge in [-0.05, 0) is 54.0 Å². The minimum Gasteiger partial charge on any atom is -0.338 e. The predicted octanol–water partition coefficient (Wildman–Crippen LogP) is 6.58. The summed E-state index contributed by atoms with van der Waals surface area (Å²) in [5.41, 5.74) is 4.84. The highest BCUT2D eigenvalue weighted by Crippen LogP contribution is 2.32. The second-order valence-corrected chi connectivity index (χ2v) is 10.2. The highest BCUT2D eigenvalue weighted by atomic mass is 35.5. The number of carbonyl (C=O) groups is 1. The zero-order valence-electron chi connectivity index (χ0n) is 18.5. The van der Waals surface area contributed by atoms with Crippen LogP contribution in [-0.2, 0) is 24.3 Å². The van der Waals surface area contributed by atoms with Crippen molar-refractivity contribution in [2.45, 2.75) is 59.5 Å². The maximum atomic E-state index is 13.6. The standard InChI is InChI=1S/C26H30ClFN2O/c1-26(2,3)13-6-9-25(31)29-14-12-20-19-7-4-5-8-23(19)30(24(20)17-29)16-18-10-11-22(28)21(27)15-18/h4-5,7-8,10-11,15H,6,9,12-14,16-17H2,1-3H3. The van der Waals surface area contributed by atoms with E-state index in [0.717, 1.165) is 36.9 Å². The van der Waals surface area contributed by atoms with Crippen molar-refractivity contribution in [1.82, 2.24) is 9.47 Å². The number of fused-ring (bicyclic) bond motifs is 3. The number of aromatic nitrogens is 1. The SMILES string of the molecule is CC(C)(C)CCCC(=O)N1CCc2c(n(Cc3ccc(F)c(Cl)c3)c3ccccc23)C1. The van der Waals surface area contributed by atoms with Crippen molar-refractivity contribution in [3.05, 3.63) is 70.1 Å². The summed E-state index contributed by atoms with van der Waals surface area (Å²) < 4.78 is 15.9. The lowest BCUT2D eigenvalue weighted by Crippen LogP contribution is -2.36. The van der Waals surface area contributed by atoms with E-state index in [1.54, 1.807) is 12.1 Å². The largest absolute Gasteiger partial charge is 0.338 e. The second kappa shape index (κ2) is 8.66. The molecule has 0 radical (unpaired) electrons. The van der Waals surface area contributed by atoms with Crippen molar-refractivity contribution >= 4 is 28.4 Å². The van der Waals surface area contributed by atoms with Gasteiger partial charge in [0.05, 0.1) is 11.6 Å². The molecule has 1 aromatic heterocycles. The Morgan fingerprint density at radius 2 is 1.94 bits per heavy atom. The van der Waals surface area contributed by atoms with E-state index in [1.165, 1.54) is 22.7 Å². The topological polar surface area (TPSA) is 25.2 Å². The van der Waals surface area contributed by atoms with Gasteiger partial charge in [-0.15, -0.1) is 0 Å². The van der Waals surface area contributed by atoms with Crippen LogP contribution >= 0.6 is 11.6 Å². The van der Waals surface area contributed by atoms with Crippen LogP contribution < -0.4 is 0 Å². The predicted molar refractivity (Wildman–Crippen MR) is 125 cm³/mol. The fraction of sp³-hybridized carbons (Fsp3) is 0.423. The van der Waals surface area contributed by atoms with E-state index in [-0.39, 0.29) is 16.3 Å². The van der Waals surface area contributed by atoms with Crippen molar-refractivity contribution in [1.29, 1.82) is 0 Å². The van der Waals surface area contributed by atoms with Crippen molar-refractivity contribution in [3.8, 4) is 0 Å². The Morgan fingerprint density at radius 1 is 1.16 bits per heavy atom. The molecule has 0 saturated carbocycles. The van der Waals surface area contributed by atoms with E-state index < -0.39 is 5.82 Å². The monoisotopic (exact) mass is 440 g/mol. The average Bonchev–Trinajstić information content (AvgIpc) is 3.03. The van der Waals surface area contributed by atoms with Gasteiger partial charge in [-0.3, -0.25) is 4.79 Å². The first-order chi connectivity index (χ1) is 14.7. The first kappa shape index (κ1) is 21.9. The van der Waals surface area contributed by atoms with Gasteiger partial charge in [0.2, 0.25) is 5.91 Å². The molecule has 4 rings (SSSR count). The Kier molecular flexibility index (Phi) is 6.11. The molecule has 1 aliphatic heterocycles. The third-order valence-electron chi connectivity index (χ3n) is 6.16. The summed E-state index contributed by atoms with van der Waals surface area (Å²) in [6.45, 7) is 8.62. The molecule has 31 heavy (non-hydrogen) atoms. The third-order valence-corrected chi connectivity index (χ3v) is 6.45. The number of halogens is 2. The highest BCUT2D eigenvalue weighted by molar-refractivity contribution is 6.30. The van der Waals surface area contributed by atoms with Crippen LogP contribution in [0.5, 0.6) is 0 Å². The van der Waals surface area contributed by atoms with Crippen LogP contribution in [0.15, 0.2) is 42.5 Å². The molecule has 1 amide bonds. The molecule has 2 heterocycles. The fourth-order valence-electron chi connectivity index (χ4n) is 4.54. The van der Waals surface area contributed by atoms with Crippen LogP contribution in [0.1, 0.15) is 56.9 Å². The zero-order valence-corrected chi connectivity index (χ0v) is 19.3. The van der Waals surface area contributed by atoms with E-state index in [2.05, 4.69) is 43.5 Å². The van der Waals surface area contributed by atoms with Gasteiger partial charge in [0.15, 0.2) is 0 Å². The number of benzene rings is 2. The van der Waals surface area contributed by atoms with Crippen molar-refractivity contribution in [2.24, 2.45) is 5.41 Å². The van der Waals surface area contributed by atoms with Crippen LogP contribution in [-0.4, -0.2) is 21.9 Å². The summed E-state index contributed by atoms with van der Waals surface area (Å²) in [6.07, 6.45) is 3.42. The van der Waals surface area contributed by atoms with Gasteiger partial charge < -0.3 is 9.47 Å². The zero-order chi connectivity index (χ0) is 22.2. The van der Waals surface area contributed by atoms with Gasteiger partial charge in [-0.2, -0.15) is 0 Å². The molecule has 5 heteroatoms. The van der Waals surface area contributed by atoms with Crippen molar-refractivity contribution in [3.63, 3.8) is 0 Å². The summed E-state index contributed by atoms with van der Waals surface area (Å²) in [5, 5.41) is 1.38. The first-order valence-corrected chi connectivity index (χ1v) is 11.4. The van der Waals surface area contributed by atoms with E-state index in [0.29, 0.717) is 19.5 Å². The van der Waals surface area contributed by atoms with Crippen LogP contribution in [0.2, 0.25) is 5.02 Å². The molecule has 0 aliphatic carbocycles. The molecular formula is C26H30ClFN2O. The summed E-state index contributed by atoms with van der Waals surface area (Å²) >= 11 is 6.02. The highest BCUT2D eigenvalue weighted by Gasteiger charge is 2.26. The van der Waals surface area contributed by atoms with Crippen molar-refractivity contribution in [2.75, 3.05) is 6.54 Å². The molecule has 0 unspecified atom stereocenters. The minimum atomic E-state index is -0.406. The van der Waals surface area contributed by atoms with Gasteiger partial charge in [0.1, 0.15) is 5.82 Å². The molecule has 0 atom stereocenters. The molecular weight excluding hydrogens is 411 g/mol. The number of carbonyl (C=O) groups excluding carboxylic acids is 1. The molecule has 0 bridgehead atoms. The van der Waals surface area contributed by atoms with Crippen LogP contribution in [0.4, 0.5) is 4.39 Å². The molecule has 164 valence electrons. The Labute approximate surface area is 188 Å². The van der Waals surface area contributed by atoms with E-state index >= 15 is 0 Å². The van der Waals surface area contributed by atoms with Crippen LogP contribution in [0.25, 0.3) is 10.9 Å². The number of hydrogen-bond acceptors (Lipinski definition) is 1. The molecule has 0 N–H and O–H groups in total. The lowest BCUT2D eigenvalue weighted by molar-refractivity contribution is -0.132. The molecule has 0 fully saturated rings. The number of hydrogen-bond donors (Lipinski definition) is 0. The lowest BCUT2D eigenvalue weighted by atomic mass is 9.90. The summed E-state index contributed by atoms with van der Waals surface area (Å²) in [5.74, 6) is -0.173. The summed E-state index contributed by atoms with van der Waals surface area (Å²) in [6, 6.07) is 13.3. The van der Waals surface area contributed by atoms with E-state index in [4.69, 9.17) is 11.6 Å². The summed E-state index contributed by atoms with van der Waals surface area (Å²) in [7, 11) is 0. The summed E-state index contributed by atoms with van der Waals surface area (Å²) in [4.78, 5) is 14.9. The fourth-order valence-corrected chi connectivity index (χ4v) is 4.74. The minimum absolute atomic E-state index is 0.137. The van der Waals surface area contributed by atoms with Crippen LogP contribution in [0.3, 0.4) is 0 Å². The van der Waals surface area contributed by atoms with Gasteiger partial charge in [-0.25, -0.2) is 4.39 Å². The van der Waals surface area contributed by atoms with Crippen LogP contribution in [0, 0.1) is 11.2 Å². The normalized spacial score (nSPS) is 14.2. The molecule has 2 aromatic carbocycles. The Morgan fingerprint density at radius 3 is 2.68 bits per heavy atom. The smallest absolute Gasteiger partial charge is 0.222 e. The molecule has 0 spiro atoms. The number of rotatable bonds is 5. The number of amides is 1. The third kappa shape index (κ3) is 4.79. The second-order valence-electron chi connectivity index (χ2n) is 9.76. The van der Waals surface area contributed by atoms with E-state index in [1.807, 2.05) is 11.0 Å². The number of para-hydroxylation sites is 1. The maximum absolute atomic E-state index is 13.6. The molecule has 0 saturated heterocycles. The Balaban J connectivity index is 1.61. The lowest BCUT2D eigenvalue weighted by Gasteiger charge is -2.29. The van der Waals surface area contributed by atoms with Gasteiger partial charge in [0, 0.05) is 36.1 Å². The first-order valence-electron chi connectivity index (χ1n) is 11.0. The average molecular weight is 441 g/mol. The van der Waals surface area contributed by atoms with Gasteiger partial charge >= 0.3 is 0 Å². The Hall–Kier alpha value is -2.33. The molecule has 3 nitrogen and oxygen atoms in total. The van der Waals surface area contributed by atoms with E-state index in [9.17, 15) is 9.18 Å². The van der Waals surface area contributed by atoms with Crippen molar-refractivity contribution < 1.29 is 9.18 Å². The number of nitrogens with zero attached hydrogens (tertiary/aromatic N) is 2. The van der Waals surface area contributed by atoms with Gasteiger partial charge in [0.25, 0.3) is 0 Å². The maximum Gasteiger partial charge on any atom is 0.222 e. The Bertz CT molecular complexity index is 1110. The van der Waals surface area contributed by atoms with Gasteiger partial charge in [-0.1, -0.05) is 56.6 Å².